The van der Waals surface area contributed by atoms with Gasteiger partial charge in [-0.15, -0.1) is 6.58 Å². The van der Waals surface area contributed by atoms with Crippen LogP contribution in [0.25, 0.3) is 0 Å². The summed E-state index contributed by atoms with van der Waals surface area (Å²) in [5.41, 5.74) is 1.45. The molecule has 0 spiro atoms. The van der Waals surface area contributed by atoms with E-state index in [4.69, 9.17) is 0 Å². The number of amides is 1. The van der Waals surface area contributed by atoms with Gasteiger partial charge in [-0.05, 0) is 26.3 Å². The van der Waals surface area contributed by atoms with E-state index in [1.165, 1.54) is 13.0 Å². The molecule has 1 saturated heterocycles. The maximum atomic E-state index is 11.5. The number of hydrogen-bond donors (Lipinski definition) is 0. The molecule has 22 heavy (non-hydrogen) atoms. The van der Waals surface area contributed by atoms with Crippen LogP contribution in [-0.4, -0.2) is 47.7 Å². The molecule has 1 aliphatic heterocycles. The maximum Gasteiger partial charge on any atom is 0.246 e. The number of hydrogen-bond acceptors (Lipinski definition) is 3. The summed E-state index contributed by atoms with van der Waals surface area (Å²) in [4.78, 5) is 26.9. The molecule has 0 radical (unpaired) electrons. The second-order valence-electron chi connectivity index (χ2n) is 4.96. The van der Waals surface area contributed by atoms with Crippen molar-refractivity contribution in [1.82, 2.24) is 9.80 Å². The van der Waals surface area contributed by atoms with E-state index in [9.17, 15) is 9.59 Å². The monoisotopic (exact) mass is 304 g/mol. The first-order chi connectivity index (χ1) is 10.4. The van der Waals surface area contributed by atoms with Gasteiger partial charge in [0.1, 0.15) is 0 Å². The van der Waals surface area contributed by atoms with E-state index in [0.717, 1.165) is 25.2 Å². The maximum absolute atomic E-state index is 11.5. The van der Waals surface area contributed by atoms with Gasteiger partial charge < -0.3 is 9.80 Å². The Morgan fingerprint density at radius 3 is 1.91 bits per heavy atom. The lowest BCUT2D eigenvalue weighted by atomic mass is 10.1. The third-order valence-corrected chi connectivity index (χ3v) is 3.24. The summed E-state index contributed by atoms with van der Waals surface area (Å²) in [6, 6.07) is 0. The van der Waals surface area contributed by atoms with Crippen molar-refractivity contribution in [3.05, 3.63) is 49.2 Å². The van der Waals surface area contributed by atoms with E-state index in [1.807, 2.05) is 19.9 Å². The van der Waals surface area contributed by atoms with Gasteiger partial charge >= 0.3 is 0 Å². The molecule has 1 fully saturated rings. The zero-order valence-corrected chi connectivity index (χ0v) is 14.1. The summed E-state index contributed by atoms with van der Waals surface area (Å²) >= 11 is 0. The molecule has 4 nitrogen and oxygen atoms in total. The molecule has 122 valence electrons. The lowest BCUT2D eigenvalue weighted by Crippen LogP contribution is -2.48. The summed E-state index contributed by atoms with van der Waals surface area (Å²) in [6.07, 6.45) is 5.97. The smallest absolute Gasteiger partial charge is 0.246 e. The number of nitrogens with zero attached hydrogens (tertiary/aromatic N) is 2. The number of rotatable bonds is 5. The normalized spacial score (nSPS) is 14.6. The highest BCUT2D eigenvalue weighted by Crippen LogP contribution is 2.18. The fraction of sp³-hybridized carbons (Fsp3) is 0.444. The molecule has 0 aromatic rings. The average Bonchev–Trinajstić information content (AvgIpc) is 2.52. The van der Waals surface area contributed by atoms with Gasteiger partial charge in [-0.25, -0.2) is 0 Å². The van der Waals surface area contributed by atoms with Gasteiger partial charge in [-0.2, -0.15) is 0 Å². The van der Waals surface area contributed by atoms with Crippen LogP contribution in [0.2, 0.25) is 0 Å². The number of carbonyl (C=O) groups excluding carboxylic acids is 2. The van der Waals surface area contributed by atoms with Crippen LogP contribution in [0.4, 0.5) is 0 Å². The molecule has 1 heterocycles. The van der Waals surface area contributed by atoms with Crippen LogP contribution in [-0.2, 0) is 9.59 Å². The van der Waals surface area contributed by atoms with Crippen molar-refractivity contribution in [3.8, 4) is 0 Å². The van der Waals surface area contributed by atoms with E-state index in [1.54, 1.807) is 11.0 Å². The molecule has 0 unspecified atom stereocenters. The highest BCUT2D eigenvalue weighted by atomic mass is 16.2. The van der Waals surface area contributed by atoms with E-state index in [-0.39, 0.29) is 11.7 Å². The van der Waals surface area contributed by atoms with Crippen molar-refractivity contribution in [2.75, 3.05) is 26.2 Å². The molecular formula is C18H28N2O2. The van der Waals surface area contributed by atoms with Gasteiger partial charge in [0.15, 0.2) is 5.78 Å². The van der Waals surface area contributed by atoms with E-state index >= 15 is 0 Å². The fourth-order valence-corrected chi connectivity index (χ4v) is 2.11. The largest absolute Gasteiger partial charge is 0.368 e. The Balaban J connectivity index is 0.00000135. The number of allylic oxidation sites excluding steroid dienone is 3. The summed E-state index contributed by atoms with van der Waals surface area (Å²) in [5, 5.41) is 0. The lowest BCUT2D eigenvalue weighted by Gasteiger charge is -2.37. The van der Waals surface area contributed by atoms with Crippen molar-refractivity contribution >= 4 is 11.7 Å². The topological polar surface area (TPSA) is 40.6 Å². The lowest BCUT2D eigenvalue weighted by molar-refractivity contribution is -0.127. The van der Waals surface area contributed by atoms with Gasteiger partial charge in [0.05, 0.1) is 0 Å². The van der Waals surface area contributed by atoms with Crippen LogP contribution < -0.4 is 0 Å². The van der Waals surface area contributed by atoms with Crippen LogP contribution in [0.3, 0.4) is 0 Å². The van der Waals surface area contributed by atoms with E-state index in [0.29, 0.717) is 18.7 Å². The molecule has 0 aliphatic carbocycles. The molecular weight excluding hydrogens is 276 g/mol. The summed E-state index contributed by atoms with van der Waals surface area (Å²) in [7, 11) is 0. The van der Waals surface area contributed by atoms with E-state index in [2.05, 4.69) is 24.6 Å². The zero-order chi connectivity index (χ0) is 17.1. The summed E-state index contributed by atoms with van der Waals surface area (Å²) in [6.45, 7) is 18.9. The Bertz CT molecular complexity index is 456. The minimum atomic E-state index is -0.0361. The van der Waals surface area contributed by atoms with Crippen LogP contribution in [0.5, 0.6) is 0 Å². The van der Waals surface area contributed by atoms with Gasteiger partial charge in [0, 0.05) is 37.4 Å². The highest BCUT2D eigenvalue weighted by molar-refractivity contribution is 5.96. The second-order valence-corrected chi connectivity index (χ2v) is 4.96. The number of ketones is 1. The summed E-state index contributed by atoms with van der Waals surface area (Å²) < 4.78 is 0. The van der Waals surface area contributed by atoms with E-state index < -0.39 is 0 Å². The summed E-state index contributed by atoms with van der Waals surface area (Å²) in [5.74, 6) is -0.0460. The Morgan fingerprint density at radius 1 is 1.09 bits per heavy atom. The minimum Gasteiger partial charge on any atom is -0.368 e. The van der Waals surface area contributed by atoms with Gasteiger partial charge in [-0.1, -0.05) is 32.2 Å². The van der Waals surface area contributed by atoms with Crippen LogP contribution in [0, 0.1) is 0 Å². The molecule has 0 saturated carbocycles. The molecule has 1 rings (SSSR count). The predicted octanol–water partition coefficient (Wildman–Crippen LogP) is 2.95. The second kappa shape index (κ2) is 10.6. The molecule has 0 aromatic heterocycles. The third kappa shape index (κ3) is 6.12. The first kappa shape index (κ1) is 19.9. The quantitative estimate of drug-likeness (QED) is 0.445. The predicted molar refractivity (Wildman–Crippen MR) is 92.4 cm³/mol. The Hall–Kier alpha value is -2.10. The zero-order valence-electron chi connectivity index (χ0n) is 14.1. The van der Waals surface area contributed by atoms with Crippen molar-refractivity contribution in [3.63, 3.8) is 0 Å². The fourth-order valence-electron chi connectivity index (χ4n) is 2.11. The molecule has 1 aliphatic rings. The van der Waals surface area contributed by atoms with Crippen molar-refractivity contribution in [2.45, 2.75) is 27.2 Å². The Kier molecular flexibility index (Phi) is 9.59. The molecule has 0 aromatic carbocycles. The molecule has 0 atom stereocenters. The number of piperazine rings is 1. The standard InChI is InChI=1S/C15H22N2O2.C3H6/c1-5-7-14(12(3)13(4)18)16-8-10-17(11-9-16)15(19)6-2;1-3-2/h6-7H,2-3,5,8-11H2,1,4H3;3H,1H2,2H3/b14-7-;. The van der Waals surface area contributed by atoms with Crippen LogP contribution in [0.15, 0.2) is 49.2 Å². The van der Waals surface area contributed by atoms with Gasteiger partial charge in [-0.3, -0.25) is 9.59 Å². The van der Waals surface area contributed by atoms with Crippen LogP contribution >= 0.6 is 0 Å². The molecule has 0 N–H and O–H groups in total. The highest BCUT2D eigenvalue weighted by Gasteiger charge is 2.22. The Labute approximate surface area is 134 Å². The third-order valence-electron chi connectivity index (χ3n) is 3.24. The van der Waals surface area contributed by atoms with Gasteiger partial charge in [0.25, 0.3) is 0 Å². The van der Waals surface area contributed by atoms with Crippen molar-refractivity contribution in [1.29, 1.82) is 0 Å². The number of Topliss-reactive ketones (excluding diaryl/α,β-unsaturated/α-hetero) is 1. The first-order valence-corrected chi connectivity index (χ1v) is 7.56. The molecule has 0 bridgehead atoms. The number of carbonyl (C=O) groups is 2. The SMILES string of the molecule is C=CC.C=CC(=O)N1CCN(/C(=C\CC)C(=C)C(C)=O)CC1. The minimum absolute atomic E-state index is 0.00991. The molecule has 1 amide bonds. The van der Waals surface area contributed by atoms with Crippen molar-refractivity contribution < 1.29 is 9.59 Å². The Morgan fingerprint density at radius 2 is 1.55 bits per heavy atom. The average molecular weight is 304 g/mol. The first-order valence-electron chi connectivity index (χ1n) is 7.56. The van der Waals surface area contributed by atoms with Crippen molar-refractivity contribution in [2.24, 2.45) is 0 Å². The van der Waals surface area contributed by atoms with Crippen LogP contribution in [0.1, 0.15) is 27.2 Å². The van der Waals surface area contributed by atoms with Gasteiger partial charge in [0.2, 0.25) is 5.91 Å². The molecule has 4 heteroatoms.